The van der Waals surface area contributed by atoms with E-state index in [0.717, 1.165) is 32.1 Å². The molecule has 0 saturated carbocycles. The van der Waals surface area contributed by atoms with Gasteiger partial charge in [0.1, 0.15) is 0 Å². The van der Waals surface area contributed by atoms with E-state index < -0.39 is 0 Å². The number of hydrogen-bond acceptors (Lipinski definition) is 1. The van der Waals surface area contributed by atoms with E-state index in [2.05, 4.69) is 42.8 Å². The SMILES string of the molecule is CCCC(Cl)CCCc1ccn(C(C)CC)n1. The van der Waals surface area contributed by atoms with E-state index in [1.54, 1.807) is 0 Å². The second-order valence-corrected chi connectivity index (χ2v) is 5.44. The van der Waals surface area contributed by atoms with Crippen LogP contribution < -0.4 is 0 Å². The fourth-order valence-electron chi connectivity index (χ4n) is 1.91. The lowest BCUT2D eigenvalue weighted by Gasteiger charge is -2.08. The van der Waals surface area contributed by atoms with Crippen molar-refractivity contribution < 1.29 is 0 Å². The Labute approximate surface area is 110 Å². The molecule has 1 heterocycles. The van der Waals surface area contributed by atoms with Gasteiger partial charge in [0.25, 0.3) is 0 Å². The van der Waals surface area contributed by atoms with Crippen LogP contribution in [0.15, 0.2) is 12.3 Å². The zero-order valence-corrected chi connectivity index (χ0v) is 12.1. The van der Waals surface area contributed by atoms with Crippen LogP contribution in [0, 0.1) is 0 Å². The van der Waals surface area contributed by atoms with Crippen molar-refractivity contribution in [2.75, 3.05) is 0 Å². The van der Waals surface area contributed by atoms with Crippen LogP contribution in [0.2, 0.25) is 0 Å². The summed E-state index contributed by atoms with van der Waals surface area (Å²) in [5.74, 6) is 0. The molecule has 0 saturated heterocycles. The maximum absolute atomic E-state index is 6.20. The molecule has 1 rings (SSSR count). The average molecular weight is 257 g/mol. The number of alkyl halides is 1. The molecule has 2 nitrogen and oxygen atoms in total. The van der Waals surface area contributed by atoms with Gasteiger partial charge in [-0.05, 0) is 45.1 Å². The molecule has 0 fully saturated rings. The summed E-state index contributed by atoms with van der Waals surface area (Å²) in [5, 5.41) is 4.94. The van der Waals surface area contributed by atoms with Crippen LogP contribution in [-0.2, 0) is 6.42 Å². The summed E-state index contributed by atoms with van der Waals surface area (Å²) in [7, 11) is 0. The first-order chi connectivity index (χ1) is 8.17. The van der Waals surface area contributed by atoms with E-state index in [-0.39, 0.29) is 0 Å². The molecule has 17 heavy (non-hydrogen) atoms. The lowest BCUT2D eigenvalue weighted by Crippen LogP contribution is -2.05. The first-order valence-corrected chi connectivity index (χ1v) is 7.29. The monoisotopic (exact) mass is 256 g/mol. The summed E-state index contributed by atoms with van der Waals surface area (Å²) >= 11 is 6.20. The normalized spacial score (nSPS) is 14.8. The van der Waals surface area contributed by atoms with Crippen LogP contribution in [0.1, 0.15) is 64.6 Å². The number of nitrogens with zero attached hydrogens (tertiary/aromatic N) is 2. The Morgan fingerprint density at radius 3 is 2.76 bits per heavy atom. The summed E-state index contributed by atoms with van der Waals surface area (Å²) < 4.78 is 2.07. The summed E-state index contributed by atoms with van der Waals surface area (Å²) in [4.78, 5) is 0. The number of aromatic nitrogens is 2. The van der Waals surface area contributed by atoms with Crippen LogP contribution in [0.4, 0.5) is 0 Å². The Kier molecular flexibility index (Phi) is 6.64. The quantitative estimate of drug-likeness (QED) is 0.623. The van der Waals surface area contributed by atoms with Gasteiger partial charge in [-0.15, -0.1) is 11.6 Å². The highest BCUT2D eigenvalue weighted by Gasteiger charge is 2.06. The molecule has 0 radical (unpaired) electrons. The van der Waals surface area contributed by atoms with Crippen molar-refractivity contribution in [3.63, 3.8) is 0 Å². The molecular formula is C14H25ClN2. The Bertz CT molecular complexity index is 309. The van der Waals surface area contributed by atoms with Gasteiger partial charge >= 0.3 is 0 Å². The van der Waals surface area contributed by atoms with Crippen LogP contribution in [0.5, 0.6) is 0 Å². The van der Waals surface area contributed by atoms with E-state index in [1.165, 1.54) is 12.1 Å². The minimum atomic E-state index is 0.344. The van der Waals surface area contributed by atoms with Crippen LogP contribution >= 0.6 is 11.6 Å². The molecule has 0 aliphatic heterocycles. The number of halogens is 1. The molecular weight excluding hydrogens is 232 g/mol. The van der Waals surface area contributed by atoms with Crippen molar-refractivity contribution in [2.24, 2.45) is 0 Å². The molecule has 0 bridgehead atoms. The topological polar surface area (TPSA) is 17.8 Å². The fourth-order valence-corrected chi connectivity index (χ4v) is 2.28. The summed E-state index contributed by atoms with van der Waals surface area (Å²) in [6.45, 7) is 6.57. The minimum Gasteiger partial charge on any atom is -0.270 e. The molecule has 2 unspecified atom stereocenters. The highest BCUT2D eigenvalue weighted by molar-refractivity contribution is 6.20. The van der Waals surface area contributed by atoms with Crippen molar-refractivity contribution in [3.8, 4) is 0 Å². The van der Waals surface area contributed by atoms with Gasteiger partial charge in [0.05, 0.1) is 5.69 Å². The molecule has 0 spiro atoms. The Hall–Kier alpha value is -0.500. The van der Waals surface area contributed by atoms with Gasteiger partial charge in [-0.2, -0.15) is 5.10 Å². The highest BCUT2D eigenvalue weighted by Crippen LogP contribution is 2.15. The summed E-state index contributed by atoms with van der Waals surface area (Å²) in [5.41, 5.74) is 1.20. The zero-order chi connectivity index (χ0) is 12.7. The van der Waals surface area contributed by atoms with Gasteiger partial charge in [-0.3, -0.25) is 4.68 Å². The third kappa shape index (κ3) is 5.12. The minimum absolute atomic E-state index is 0.344. The third-order valence-corrected chi connectivity index (χ3v) is 3.69. The molecule has 2 atom stereocenters. The standard InChI is InChI=1S/C14H25ClN2/c1-4-7-13(15)8-6-9-14-10-11-17(16-14)12(3)5-2/h10-13H,4-9H2,1-3H3. The van der Waals surface area contributed by atoms with E-state index in [1.807, 2.05) is 0 Å². The van der Waals surface area contributed by atoms with Crippen LogP contribution in [0.3, 0.4) is 0 Å². The maximum atomic E-state index is 6.20. The highest BCUT2D eigenvalue weighted by atomic mass is 35.5. The third-order valence-electron chi connectivity index (χ3n) is 3.26. The fraction of sp³-hybridized carbons (Fsp3) is 0.786. The molecule has 3 heteroatoms. The lowest BCUT2D eigenvalue weighted by atomic mass is 10.1. The van der Waals surface area contributed by atoms with Gasteiger partial charge in [0.15, 0.2) is 0 Å². The molecule has 0 amide bonds. The predicted molar refractivity (Wildman–Crippen MR) is 74.7 cm³/mol. The Morgan fingerprint density at radius 2 is 2.12 bits per heavy atom. The van der Waals surface area contributed by atoms with Crippen molar-refractivity contribution in [2.45, 2.75) is 70.7 Å². The smallest absolute Gasteiger partial charge is 0.0624 e. The van der Waals surface area contributed by atoms with E-state index in [4.69, 9.17) is 11.6 Å². The van der Waals surface area contributed by atoms with Gasteiger partial charge in [0, 0.05) is 17.6 Å². The summed E-state index contributed by atoms with van der Waals surface area (Å²) in [6, 6.07) is 2.64. The molecule has 0 aliphatic rings. The molecule has 0 aromatic carbocycles. The molecule has 98 valence electrons. The van der Waals surface area contributed by atoms with E-state index >= 15 is 0 Å². The molecule has 0 N–H and O–H groups in total. The van der Waals surface area contributed by atoms with E-state index in [0.29, 0.717) is 11.4 Å². The molecule has 1 aromatic rings. The maximum Gasteiger partial charge on any atom is 0.0624 e. The van der Waals surface area contributed by atoms with Gasteiger partial charge in [-0.1, -0.05) is 20.3 Å². The van der Waals surface area contributed by atoms with Crippen molar-refractivity contribution in [1.82, 2.24) is 9.78 Å². The first-order valence-electron chi connectivity index (χ1n) is 6.85. The number of aryl methyl sites for hydroxylation is 1. The predicted octanol–water partition coefficient (Wildman–Crippen LogP) is 4.58. The van der Waals surface area contributed by atoms with E-state index in [9.17, 15) is 0 Å². The number of hydrogen-bond donors (Lipinski definition) is 0. The van der Waals surface area contributed by atoms with Crippen molar-refractivity contribution in [1.29, 1.82) is 0 Å². The average Bonchev–Trinajstić information content (AvgIpc) is 2.77. The summed E-state index contributed by atoms with van der Waals surface area (Å²) in [6.07, 6.45) is 8.82. The second kappa shape index (κ2) is 7.75. The second-order valence-electron chi connectivity index (χ2n) is 4.82. The number of rotatable bonds is 8. The van der Waals surface area contributed by atoms with Crippen molar-refractivity contribution >= 4 is 11.6 Å². The van der Waals surface area contributed by atoms with Gasteiger partial charge in [-0.25, -0.2) is 0 Å². The first kappa shape index (κ1) is 14.6. The van der Waals surface area contributed by atoms with Crippen molar-refractivity contribution in [3.05, 3.63) is 18.0 Å². The zero-order valence-electron chi connectivity index (χ0n) is 11.3. The van der Waals surface area contributed by atoms with Gasteiger partial charge in [0.2, 0.25) is 0 Å². The molecule has 1 aromatic heterocycles. The Morgan fingerprint density at radius 1 is 1.35 bits per heavy atom. The van der Waals surface area contributed by atoms with Crippen LogP contribution in [0.25, 0.3) is 0 Å². The molecule has 0 aliphatic carbocycles. The Balaban J connectivity index is 2.30. The van der Waals surface area contributed by atoms with Gasteiger partial charge < -0.3 is 0 Å². The lowest BCUT2D eigenvalue weighted by molar-refractivity contribution is 0.472. The van der Waals surface area contributed by atoms with Crippen LogP contribution in [-0.4, -0.2) is 15.2 Å². The largest absolute Gasteiger partial charge is 0.270 e.